The van der Waals surface area contributed by atoms with Gasteiger partial charge in [-0.1, -0.05) is 6.07 Å². The van der Waals surface area contributed by atoms with Gasteiger partial charge >= 0.3 is 0 Å². The summed E-state index contributed by atoms with van der Waals surface area (Å²) in [5.74, 6) is 1.56. The predicted molar refractivity (Wildman–Crippen MR) is 82.4 cm³/mol. The molecule has 1 aromatic rings. The highest BCUT2D eigenvalue weighted by Crippen LogP contribution is 2.24. The van der Waals surface area contributed by atoms with Crippen LogP contribution in [0.2, 0.25) is 0 Å². The monoisotopic (exact) mass is 294 g/mol. The molecule has 1 aromatic carbocycles. The first-order valence-electron chi connectivity index (χ1n) is 6.95. The molecule has 0 aromatic heterocycles. The Bertz CT molecular complexity index is 453. The van der Waals surface area contributed by atoms with E-state index >= 15 is 0 Å². The van der Waals surface area contributed by atoms with Crippen molar-refractivity contribution in [3.8, 4) is 5.75 Å². The first-order valence-corrected chi connectivity index (χ1v) is 7.94. The van der Waals surface area contributed by atoms with Crippen LogP contribution in [0.15, 0.2) is 29.2 Å². The van der Waals surface area contributed by atoms with E-state index in [9.17, 15) is 4.79 Å². The van der Waals surface area contributed by atoms with E-state index in [0.717, 1.165) is 36.6 Å². The van der Waals surface area contributed by atoms with Gasteiger partial charge in [0.25, 0.3) is 0 Å². The highest BCUT2D eigenvalue weighted by Gasteiger charge is 2.27. The Morgan fingerprint density at radius 1 is 1.55 bits per heavy atom. The number of nitrogens with one attached hydrogen (secondary N) is 1. The number of carbonyl (C=O) groups excluding carboxylic acids is 1. The average molecular weight is 294 g/mol. The van der Waals surface area contributed by atoms with Gasteiger partial charge in [0.2, 0.25) is 5.91 Å². The molecule has 0 spiro atoms. The molecule has 1 aliphatic heterocycles. The minimum Gasteiger partial charge on any atom is -0.497 e. The second kappa shape index (κ2) is 7.55. The van der Waals surface area contributed by atoms with Gasteiger partial charge in [-0.2, -0.15) is 0 Å². The molecule has 1 saturated heterocycles. The van der Waals surface area contributed by atoms with Crippen LogP contribution in [-0.4, -0.2) is 49.8 Å². The fourth-order valence-electron chi connectivity index (χ4n) is 2.53. The number of carbonyl (C=O) groups is 1. The van der Waals surface area contributed by atoms with Crippen LogP contribution < -0.4 is 10.1 Å². The van der Waals surface area contributed by atoms with E-state index in [-0.39, 0.29) is 5.91 Å². The van der Waals surface area contributed by atoms with Crippen LogP contribution in [0.1, 0.15) is 12.8 Å². The highest BCUT2D eigenvalue weighted by atomic mass is 32.2. The molecule has 1 unspecified atom stereocenters. The summed E-state index contributed by atoms with van der Waals surface area (Å²) in [6, 6.07) is 8.20. The van der Waals surface area contributed by atoms with E-state index in [2.05, 4.69) is 5.32 Å². The lowest BCUT2D eigenvalue weighted by atomic mass is 10.2. The van der Waals surface area contributed by atoms with Gasteiger partial charge in [0, 0.05) is 24.0 Å². The summed E-state index contributed by atoms with van der Waals surface area (Å²) in [5, 5.41) is 3.17. The Balaban J connectivity index is 1.88. The molecule has 110 valence electrons. The number of ether oxygens (including phenoxy) is 1. The van der Waals surface area contributed by atoms with E-state index in [0.29, 0.717) is 11.8 Å². The molecule has 5 heteroatoms. The first-order chi connectivity index (χ1) is 9.74. The van der Waals surface area contributed by atoms with Gasteiger partial charge in [-0.05, 0) is 38.1 Å². The smallest absolute Gasteiger partial charge is 0.233 e. The third-order valence-electron chi connectivity index (χ3n) is 3.54. The van der Waals surface area contributed by atoms with Gasteiger partial charge in [0.05, 0.1) is 12.9 Å². The lowest BCUT2D eigenvalue weighted by molar-refractivity contribution is -0.129. The molecular weight excluding hydrogens is 272 g/mol. The number of rotatable bonds is 6. The van der Waals surface area contributed by atoms with Crippen molar-refractivity contribution in [2.75, 3.05) is 33.0 Å². The Labute approximate surface area is 124 Å². The summed E-state index contributed by atoms with van der Waals surface area (Å²) < 4.78 is 5.19. The summed E-state index contributed by atoms with van der Waals surface area (Å²) in [7, 11) is 3.59. The molecular formula is C15H22N2O2S. The van der Waals surface area contributed by atoms with Gasteiger partial charge in [0.15, 0.2) is 0 Å². The van der Waals surface area contributed by atoms with E-state index < -0.39 is 0 Å². The molecule has 2 rings (SSSR count). The number of hydrogen-bond acceptors (Lipinski definition) is 4. The summed E-state index contributed by atoms with van der Waals surface area (Å²) in [4.78, 5) is 15.4. The number of nitrogens with zero attached hydrogens (tertiary/aromatic N) is 1. The van der Waals surface area contributed by atoms with Crippen molar-refractivity contribution in [1.29, 1.82) is 0 Å². The van der Waals surface area contributed by atoms with E-state index in [1.165, 1.54) is 0 Å². The maximum Gasteiger partial charge on any atom is 0.233 e. The van der Waals surface area contributed by atoms with E-state index in [4.69, 9.17) is 4.74 Å². The molecule has 1 heterocycles. The first kappa shape index (κ1) is 15.2. The summed E-state index contributed by atoms with van der Waals surface area (Å²) in [5.41, 5.74) is 0. The molecule has 0 bridgehead atoms. The second-order valence-corrected chi connectivity index (χ2v) is 5.96. The second-order valence-electron chi connectivity index (χ2n) is 4.91. The molecule has 1 N–H and O–H groups in total. The predicted octanol–water partition coefficient (Wildman–Crippen LogP) is 2.00. The normalized spacial score (nSPS) is 18.3. The Hall–Kier alpha value is -1.20. The van der Waals surface area contributed by atoms with Crippen LogP contribution in [-0.2, 0) is 4.79 Å². The molecule has 1 aliphatic rings. The van der Waals surface area contributed by atoms with Crippen molar-refractivity contribution < 1.29 is 9.53 Å². The zero-order chi connectivity index (χ0) is 14.4. The summed E-state index contributed by atoms with van der Waals surface area (Å²) in [6.07, 6.45) is 2.22. The van der Waals surface area contributed by atoms with Crippen LogP contribution in [0.25, 0.3) is 0 Å². The lowest BCUT2D eigenvalue weighted by Gasteiger charge is -2.24. The Morgan fingerprint density at radius 2 is 2.40 bits per heavy atom. The largest absolute Gasteiger partial charge is 0.497 e. The molecule has 0 saturated carbocycles. The molecule has 1 atom stereocenters. The minimum atomic E-state index is 0.232. The molecule has 1 amide bonds. The van der Waals surface area contributed by atoms with Gasteiger partial charge in [0.1, 0.15) is 5.75 Å². The van der Waals surface area contributed by atoms with Gasteiger partial charge in [-0.25, -0.2) is 0 Å². The number of thioether (sulfide) groups is 1. The SMILES string of the molecule is CNCC1CCCN1C(=O)CSc1cccc(OC)c1. The number of benzene rings is 1. The van der Waals surface area contributed by atoms with Gasteiger partial charge < -0.3 is 15.0 Å². The van der Waals surface area contributed by atoms with Crippen molar-refractivity contribution in [2.24, 2.45) is 0 Å². The van der Waals surface area contributed by atoms with Crippen molar-refractivity contribution in [1.82, 2.24) is 10.2 Å². The van der Waals surface area contributed by atoms with Crippen LogP contribution in [0.5, 0.6) is 5.75 Å². The molecule has 20 heavy (non-hydrogen) atoms. The molecule has 4 nitrogen and oxygen atoms in total. The number of methoxy groups -OCH3 is 1. The van der Waals surface area contributed by atoms with Crippen LogP contribution in [0.4, 0.5) is 0 Å². The van der Waals surface area contributed by atoms with E-state index in [1.807, 2.05) is 36.2 Å². The average Bonchev–Trinajstić information content (AvgIpc) is 2.94. The van der Waals surface area contributed by atoms with Crippen LogP contribution >= 0.6 is 11.8 Å². The minimum absolute atomic E-state index is 0.232. The maximum absolute atomic E-state index is 12.3. The third-order valence-corrected chi connectivity index (χ3v) is 4.52. The molecule has 0 radical (unpaired) electrons. The molecule has 0 aliphatic carbocycles. The quantitative estimate of drug-likeness (QED) is 0.815. The summed E-state index contributed by atoms with van der Waals surface area (Å²) >= 11 is 1.57. The lowest BCUT2D eigenvalue weighted by Crippen LogP contribution is -2.41. The van der Waals surface area contributed by atoms with Crippen LogP contribution in [0.3, 0.4) is 0 Å². The number of likely N-dealkylation sites (N-methyl/N-ethyl adjacent to an activating group) is 1. The number of likely N-dealkylation sites (tertiary alicyclic amines) is 1. The Morgan fingerprint density at radius 3 is 3.15 bits per heavy atom. The number of amides is 1. The highest BCUT2D eigenvalue weighted by molar-refractivity contribution is 8.00. The summed E-state index contributed by atoms with van der Waals surface area (Å²) in [6.45, 7) is 1.78. The zero-order valence-corrected chi connectivity index (χ0v) is 12.9. The van der Waals surface area contributed by atoms with Crippen molar-refractivity contribution >= 4 is 17.7 Å². The van der Waals surface area contributed by atoms with Crippen molar-refractivity contribution in [3.05, 3.63) is 24.3 Å². The fourth-order valence-corrected chi connectivity index (χ4v) is 3.36. The third kappa shape index (κ3) is 3.90. The maximum atomic E-state index is 12.3. The standard InChI is InChI=1S/C15H22N2O2S/c1-16-10-12-5-4-8-17(12)15(18)11-20-14-7-3-6-13(9-14)19-2/h3,6-7,9,12,16H,4-5,8,10-11H2,1-2H3. The Kier molecular flexibility index (Phi) is 5.73. The van der Waals surface area contributed by atoms with Crippen LogP contribution in [0, 0.1) is 0 Å². The van der Waals surface area contributed by atoms with Gasteiger partial charge in [-0.15, -0.1) is 11.8 Å². The fraction of sp³-hybridized carbons (Fsp3) is 0.533. The van der Waals surface area contributed by atoms with E-state index in [1.54, 1.807) is 18.9 Å². The topological polar surface area (TPSA) is 41.6 Å². The van der Waals surface area contributed by atoms with Crippen molar-refractivity contribution in [2.45, 2.75) is 23.8 Å². The molecule has 1 fully saturated rings. The number of hydrogen-bond donors (Lipinski definition) is 1. The van der Waals surface area contributed by atoms with Gasteiger partial charge in [-0.3, -0.25) is 4.79 Å². The van der Waals surface area contributed by atoms with Crippen molar-refractivity contribution in [3.63, 3.8) is 0 Å². The zero-order valence-electron chi connectivity index (χ0n) is 12.1.